The molecule has 0 fully saturated rings. The first-order valence-corrected chi connectivity index (χ1v) is 7.49. The molecule has 0 atom stereocenters. The predicted octanol–water partition coefficient (Wildman–Crippen LogP) is 3.81. The molecule has 2 aromatic rings. The summed E-state index contributed by atoms with van der Waals surface area (Å²) in [6.07, 6.45) is 1.83. The lowest BCUT2D eigenvalue weighted by Crippen LogP contribution is -2.38. The molecule has 5 heteroatoms. The van der Waals surface area contributed by atoms with Crippen molar-refractivity contribution < 1.29 is 5.21 Å². The van der Waals surface area contributed by atoms with Gasteiger partial charge in [-0.3, -0.25) is 10.2 Å². The van der Waals surface area contributed by atoms with E-state index in [0.29, 0.717) is 5.02 Å². The topological polar surface area (TPSA) is 39.1 Å². The smallest absolute Gasteiger partial charge is 0.102 e. The van der Waals surface area contributed by atoms with Gasteiger partial charge in [0.05, 0.1) is 23.6 Å². The molecule has 2 aliphatic heterocycles. The third kappa shape index (κ3) is 2.00. The molecule has 2 heterocycles. The van der Waals surface area contributed by atoms with Crippen LogP contribution in [0, 0.1) is 0 Å². The Kier molecular flexibility index (Phi) is 3.13. The SMILES string of the molecule is ON1C(c2ccc(Cl)cc2)=C2C=NCCN2c2ccccc21. The van der Waals surface area contributed by atoms with Crippen molar-refractivity contribution in [2.45, 2.75) is 0 Å². The van der Waals surface area contributed by atoms with Gasteiger partial charge in [0.15, 0.2) is 0 Å². The summed E-state index contributed by atoms with van der Waals surface area (Å²) in [4.78, 5) is 6.57. The van der Waals surface area contributed by atoms with Gasteiger partial charge in [0.2, 0.25) is 0 Å². The molecule has 0 spiro atoms. The number of nitrogens with zero attached hydrogens (tertiary/aromatic N) is 3. The summed E-state index contributed by atoms with van der Waals surface area (Å²) in [6, 6.07) is 15.3. The molecule has 0 amide bonds. The van der Waals surface area contributed by atoms with E-state index in [1.807, 2.05) is 54.7 Å². The summed E-state index contributed by atoms with van der Waals surface area (Å²) in [5.74, 6) is 0. The number of allylic oxidation sites excluding steroid dienone is 1. The van der Waals surface area contributed by atoms with Crippen molar-refractivity contribution >= 4 is 34.9 Å². The lowest BCUT2D eigenvalue weighted by atomic mass is 10.0. The molecule has 0 unspecified atom stereocenters. The van der Waals surface area contributed by atoms with Crippen molar-refractivity contribution in [3.8, 4) is 0 Å². The Morgan fingerprint density at radius 3 is 2.50 bits per heavy atom. The molecule has 0 aliphatic carbocycles. The standard InChI is InChI=1S/C17H14ClN3O/c18-13-7-5-12(6-8-13)17-16-11-19-9-10-20(16)14-3-1-2-4-15(14)21(17)22/h1-8,11,22H,9-10H2. The molecule has 2 aromatic carbocycles. The first kappa shape index (κ1) is 13.4. The van der Waals surface area contributed by atoms with Crippen LogP contribution in [0.25, 0.3) is 5.70 Å². The van der Waals surface area contributed by atoms with Crippen LogP contribution in [0.4, 0.5) is 11.4 Å². The first-order valence-electron chi connectivity index (χ1n) is 7.11. The summed E-state index contributed by atoms with van der Waals surface area (Å²) in [6.45, 7) is 1.55. The number of rotatable bonds is 1. The van der Waals surface area contributed by atoms with E-state index in [9.17, 15) is 5.21 Å². The predicted molar refractivity (Wildman–Crippen MR) is 89.8 cm³/mol. The van der Waals surface area contributed by atoms with Gasteiger partial charge >= 0.3 is 0 Å². The number of hydroxylamine groups is 1. The second-order valence-electron chi connectivity index (χ2n) is 5.23. The number of benzene rings is 2. The molecule has 0 bridgehead atoms. The number of halogens is 1. The maximum Gasteiger partial charge on any atom is 0.102 e. The molecule has 1 N–H and O–H groups in total. The van der Waals surface area contributed by atoms with E-state index >= 15 is 0 Å². The van der Waals surface area contributed by atoms with Gasteiger partial charge in [-0.05, 0) is 24.3 Å². The van der Waals surface area contributed by atoms with Crippen LogP contribution in [-0.2, 0) is 0 Å². The Morgan fingerprint density at radius 1 is 1.00 bits per heavy atom. The lowest BCUT2D eigenvalue weighted by Gasteiger charge is -2.39. The van der Waals surface area contributed by atoms with Crippen molar-refractivity contribution in [1.82, 2.24) is 0 Å². The van der Waals surface area contributed by atoms with Gasteiger partial charge in [-0.15, -0.1) is 0 Å². The van der Waals surface area contributed by atoms with Gasteiger partial charge in [0, 0.05) is 23.3 Å². The maximum absolute atomic E-state index is 10.7. The molecular weight excluding hydrogens is 298 g/mol. The van der Waals surface area contributed by atoms with Gasteiger partial charge < -0.3 is 4.90 Å². The van der Waals surface area contributed by atoms with Crippen LogP contribution >= 0.6 is 11.6 Å². The van der Waals surface area contributed by atoms with Crippen LogP contribution < -0.4 is 9.96 Å². The molecule has 2 aliphatic rings. The van der Waals surface area contributed by atoms with E-state index in [2.05, 4.69) is 9.89 Å². The molecular formula is C17H14ClN3O. The molecule has 0 saturated heterocycles. The maximum atomic E-state index is 10.7. The highest BCUT2D eigenvalue weighted by Gasteiger charge is 2.31. The fraction of sp³-hybridized carbons (Fsp3) is 0.118. The monoisotopic (exact) mass is 311 g/mol. The van der Waals surface area contributed by atoms with Gasteiger partial charge in [-0.2, -0.15) is 0 Å². The largest absolute Gasteiger partial charge is 0.335 e. The number of fused-ring (bicyclic) bond motifs is 3. The van der Waals surface area contributed by atoms with Gasteiger partial charge in [-0.1, -0.05) is 35.9 Å². The Bertz CT molecular complexity index is 783. The second-order valence-corrected chi connectivity index (χ2v) is 5.66. The van der Waals surface area contributed by atoms with E-state index in [1.54, 1.807) is 0 Å². The quantitative estimate of drug-likeness (QED) is 0.870. The lowest BCUT2D eigenvalue weighted by molar-refractivity contribution is 0.302. The van der Waals surface area contributed by atoms with Gasteiger partial charge in [-0.25, -0.2) is 5.06 Å². The minimum atomic E-state index is 0.671. The molecule has 4 nitrogen and oxygen atoms in total. The van der Waals surface area contributed by atoms with Gasteiger partial charge in [0.25, 0.3) is 0 Å². The molecule has 0 saturated carbocycles. The van der Waals surface area contributed by atoms with Crippen LogP contribution in [0.5, 0.6) is 0 Å². The molecule has 0 radical (unpaired) electrons. The van der Waals surface area contributed by atoms with E-state index < -0.39 is 0 Å². The van der Waals surface area contributed by atoms with E-state index in [1.165, 1.54) is 5.06 Å². The number of hydrogen-bond donors (Lipinski definition) is 1. The average Bonchev–Trinajstić information content (AvgIpc) is 2.57. The zero-order chi connectivity index (χ0) is 15.1. The Hall–Kier alpha value is -2.30. The molecule has 0 aromatic heterocycles. The third-order valence-electron chi connectivity index (χ3n) is 3.93. The highest BCUT2D eigenvalue weighted by atomic mass is 35.5. The minimum Gasteiger partial charge on any atom is -0.335 e. The fourth-order valence-electron chi connectivity index (χ4n) is 2.92. The number of aliphatic imine (C=N–C) groups is 1. The summed E-state index contributed by atoms with van der Waals surface area (Å²) in [5, 5.41) is 12.6. The summed E-state index contributed by atoms with van der Waals surface area (Å²) < 4.78 is 0. The van der Waals surface area contributed by atoms with Crippen LogP contribution in [0.2, 0.25) is 5.02 Å². The van der Waals surface area contributed by atoms with Crippen molar-refractivity contribution in [3.05, 3.63) is 64.8 Å². The van der Waals surface area contributed by atoms with Crippen molar-refractivity contribution in [1.29, 1.82) is 0 Å². The van der Waals surface area contributed by atoms with Crippen molar-refractivity contribution in [2.75, 3.05) is 23.1 Å². The fourth-order valence-corrected chi connectivity index (χ4v) is 3.04. The van der Waals surface area contributed by atoms with Crippen LogP contribution in [-0.4, -0.2) is 24.5 Å². The highest BCUT2D eigenvalue weighted by Crippen LogP contribution is 2.42. The number of para-hydroxylation sites is 2. The van der Waals surface area contributed by atoms with Gasteiger partial charge in [0.1, 0.15) is 5.70 Å². The number of anilines is 2. The zero-order valence-corrected chi connectivity index (χ0v) is 12.5. The first-order chi connectivity index (χ1) is 10.8. The Morgan fingerprint density at radius 2 is 1.73 bits per heavy atom. The Labute approximate surface area is 133 Å². The summed E-state index contributed by atoms with van der Waals surface area (Å²) in [5.41, 5.74) is 4.28. The van der Waals surface area contributed by atoms with Crippen LogP contribution in [0.1, 0.15) is 5.56 Å². The highest BCUT2D eigenvalue weighted by molar-refractivity contribution is 6.30. The van der Waals surface area contributed by atoms with E-state index in [-0.39, 0.29) is 0 Å². The second kappa shape index (κ2) is 5.16. The zero-order valence-electron chi connectivity index (χ0n) is 11.8. The Balaban J connectivity index is 1.95. The van der Waals surface area contributed by atoms with Crippen LogP contribution in [0.3, 0.4) is 0 Å². The number of hydrogen-bond acceptors (Lipinski definition) is 4. The minimum absolute atomic E-state index is 0.671. The van der Waals surface area contributed by atoms with Crippen molar-refractivity contribution in [2.24, 2.45) is 4.99 Å². The van der Waals surface area contributed by atoms with E-state index in [0.717, 1.165) is 41.4 Å². The summed E-state index contributed by atoms with van der Waals surface area (Å²) in [7, 11) is 0. The van der Waals surface area contributed by atoms with Crippen LogP contribution in [0.15, 0.2) is 59.2 Å². The molecule has 110 valence electrons. The van der Waals surface area contributed by atoms with E-state index in [4.69, 9.17) is 11.6 Å². The average molecular weight is 312 g/mol. The normalized spacial score (nSPS) is 16.6. The summed E-state index contributed by atoms with van der Waals surface area (Å²) >= 11 is 5.98. The third-order valence-corrected chi connectivity index (χ3v) is 4.18. The molecule has 22 heavy (non-hydrogen) atoms. The van der Waals surface area contributed by atoms with Crippen molar-refractivity contribution in [3.63, 3.8) is 0 Å². The molecule has 4 rings (SSSR count).